The molecule has 1 saturated carbocycles. The Labute approximate surface area is 164 Å². The van der Waals surface area contributed by atoms with E-state index in [0.29, 0.717) is 23.3 Å². The smallest absolute Gasteiger partial charge is 0.234 e. The lowest BCUT2D eigenvalue weighted by Gasteiger charge is -2.34. The molecule has 0 unspecified atom stereocenters. The van der Waals surface area contributed by atoms with Gasteiger partial charge in [0.2, 0.25) is 11.8 Å². The van der Waals surface area contributed by atoms with E-state index < -0.39 is 9.84 Å². The Morgan fingerprint density at radius 2 is 2.07 bits per heavy atom. The second-order valence-electron chi connectivity index (χ2n) is 7.51. The van der Waals surface area contributed by atoms with Crippen molar-refractivity contribution in [3.63, 3.8) is 0 Å². The first kappa shape index (κ1) is 20.2. The summed E-state index contributed by atoms with van der Waals surface area (Å²) in [5.41, 5.74) is 0.520. The van der Waals surface area contributed by atoms with Crippen molar-refractivity contribution in [3.05, 3.63) is 18.2 Å². The van der Waals surface area contributed by atoms with Crippen molar-refractivity contribution in [1.29, 1.82) is 0 Å². The number of hydrogen-bond donors (Lipinski definition) is 2. The Morgan fingerprint density at radius 3 is 2.85 bits per heavy atom. The van der Waals surface area contributed by atoms with E-state index in [-0.39, 0.29) is 34.9 Å². The molecule has 0 aromatic heterocycles. The summed E-state index contributed by atoms with van der Waals surface area (Å²) in [6.45, 7) is 4.34. The standard InChI is InChI=1S/C19H26N2O4S2/c1-12-4-3-5-15(13(12)2)20-18(22)8-9-27(24,25)14-6-7-17-16(10-14)21-19(23)11-26-17/h6-7,10,12-13,15H,3-5,8-9,11H2,1-2H3,(H,20,22)(H,21,23)/t12-,13+,15+/m1/s1. The molecule has 2 amide bonds. The van der Waals surface area contributed by atoms with Crippen LogP contribution in [0.25, 0.3) is 0 Å². The highest BCUT2D eigenvalue weighted by molar-refractivity contribution is 8.00. The summed E-state index contributed by atoms with van der Waals surface area (Å²) in [5, 5.41) is 5.71. The van der Waals surface area contributed by atoms with Crippen LogP contribution in [0.1, 0.15) is 39.5 Å². The lowest BCUT2D eigenvalue weighted by molar-refractivity contribution is -0.122. The van der Waals surface area contributed by atoms with Crippen LogP contribution in [0.2, 0.25) is 0 Å². The molecular weight excluding hydrogens is 384 g/mol. The predicted molar refractivity (Wildman–Crippen MR) is 107 cm³/mol. The predicted octanol–water partition coefficient (Wildman–Crippen LogP) is 2.84. The SMILES string of the molecule is C[C@H]1[C@H](C)CCC[C@@H]1NC(=O)CCS(=O)(=O)c1ccc2c(c1)NC(=O)CS2. The number of benzene rings is 1. The molecule has 1 aliphatic heterocycles. The summed E-state index contributed by atoms with van der Waals surface area (Å²) < 4.78 is 25.2. The number of nitrogens with one attached hydrogen (secondary N) is 2. The van der Waals surface area contributed by atoms with Gasteiger partial charge in [0.1, 0.15) is 0 Å². The van der Waals surface area contributed by atoms with Gasteiger partial charge in [0.15, 0.2) is 9.84 Å². The van der Waals surface area contributed by atoms with Gasteiger partial charge in [0.25, 0.3) is 0 Å². The molecule has 1 aliphatic carbocycles. The van der Waals surface area contributed by atoms with Gasteiger partial charge in [-0.2, -0.15) is 0 Å². The molecule has 3 rings (SSSR count). The van der Waals surface area contributed by atoms with Crippen LogP contribution >= 0.6 is 11.8 Å². The molecule has 8 heteroatoms. The van der Waals surface area contributed by atoms with Crippen LogP contribution in [0, 0.1) is 11.8 Å². The van der Waals surface area contributed by atoms with Crippen molar-refractivity contribution < 1.29 is 18.0 Å². The molecule has 0 spiro atoms. The number of amides is 2. The van der Waals surface area contributed by atoms with E-state index in [0.717, 1.165) is 17.7 Å². The number of thioether (sulfide) groups is 1. The van der Waals surface area contributed by atoms with E-state index in [4.69, 9.17) is 0 Å². The molecule has 3 atom stereocenters. The van der Waals surface area contributed by atoms with Gasteiger partial charge in [-0.25, -0.2) is 8.42 Å². The van der Waals surface area contributed by atoms with Crippen molar-refractivity contribution in [2.45, 2.75) is 55.4 Å². The second kappa shape index (κ2) is 8.22. The zero-order valence-corrected chi connectivity index (χ0v) is 17.3. The van der Waals surface area contributed by atoms with Crippen LogP contribution in [0.5, 0.6) is 0 Å². The summed E-state index contributed by atoms with van der Waals surface area (Å²) in [7, 11) is -3.59. The number of anilines is 1. The Balaban J connectivity index is 1.61. The van der Waals surface area contributed by atoms with Gasteiger partial charge in [0.05, 0.1) is 22.1 Å². The fourth-order valence-corrected chi connectivity index (χ4v) is 5.72. The van der Waals surface area contributed by atoms with E-state index >= 15 is 0 Å². The van der Waals surface area contributed by atoms with Crippen LogP contribution in [0.4, 0.5) is 5.69 Å². The zero-order valence-electron chi connectivity index (χ0n) is 15.7. The van der Waals surface area contributed by atoms with Crippen LogP contribution in [-0.4, -0.2) is 37.8 Å². The van der Waals surface area contributed by atoms with E-state index in [9.17, 15) is 18.0 Å². The number of sulfone groups is 1. The molecule has 1 heterocycles. The molecule has 0 saturated heterocycles. The van der Waals surface area contributed by atoms with E-state index in [1.54, 1.807) is 12.1 Å². The highest BCUT2D eigenvalue weighted by Gasteiger charge is 2.28. The average Bonchev–Trinajstić information content (AvgIpc) is 2.63. The van der Waals surface area contributed by atoms with Gasteiger partial charge in [-0.3, -0.25) is 9.59 Å². The molecule has 2 aliphatic rings. The maximum atomic E-state index is 12.6. The average molecular weight is 411 g/mol. The van der Waals surface area contributed by atoms with Gasteiger partial charge >= 0.3 is 0 Å². The zero-order chi connectivity index (χ0) is 19.6. The molecule has 0 radical (unpaired) electrons. The normalized spacial score (nSPS) is 25.4. The third-order valence-corrected chi connectivity index (χ3v) is 8.38. The topological polar surface area (TPSA) is 92.3 Å². The van der Waals surface area contributed by atoms with Crippen LogP contribution in [0.3, 0.4) is 0 Å². The highest BCUT2D eigenvalue weighted by atomic mass is 32.2. The Bertz CT molecular complexity index is 838. The minimum atomic E-state index is -3.59. The maximum absolute atomic E-state index is 12.6. The number of rotatable bonds is 5. The van der Waals surface area contributed by atoms with Crippen LogP contribution < -0.4 is 10.6 Å². The monoisotopic (exact) mass is 410 g/mol. The van der Waals surface area contributed by atoms with Crippen LogP contribution in [-0.2, 0) is 19.4 Å². The van der Waals surface area contributed by atoms with Crippen LogP contribution in [0.15, 0.2) is 28.0 Å². The summed E-state index contributed by atoms with van der Waals surface area (Å²) in [6, 6.07) is 4.86. The summed E-state index contributed by atoms with van der Waals surface area (Å²) in [5.74, 6) is 0.702. The summed E-state index contributed by atoms with van der Waals surface area (Å²) in [4.78, 5) is 24.8. The third kappa shape index (κ3) is 4.85. The molecule has 2 N–H and O–H groups in total. The number of carbonyl (C=O) groups is 2. The van der Waals surface area contributed by atoms with Crippen molar-refractivity contribution >= 4 is 39.1 Å². The Morgan fingerprint density at radius 1 is 1.30 bits per heavy atom. The van der Waals surface area contributed by atoms with Crippen molar-refractivity contribution in [2.75, 3.05) is 16.8 Å². The van der Waals surface area contributed by atoms with Crippen molar-refractivity contribution in [1.82, 2.24) is 5.32 Å². The third-order valence-electron chi connectivity index (χ3n) is 5.59. The molecule has 1 aromatic rings. The van der Waals surface area contributed by atoms with Gasteiger partial charge in [-0.15, -0.1) is 11.8 Å². The van der Waals surface area contributed by atoms with Gasteiger partial charge in [0, 0.05) is 17.4 Å². The Kier molecular flexibility index (Phi) is 6.15. The number of hydrogen-bond acceptors (Lipinski definition) is 5. The highest BCUT2D eigenvalue weighted by Crippen LogP contribution is 2.33. The lowest BCUT2D eigenvalue weighted by atomic mass is 9.78. The number of fused-ring (bicyclic) bond motifs is 1. The molecule has 6 nitrogen and oxygen atoms in total. The largest absolute Gasteiger partial charge is 0.353 e. The Hall–Kier alpha value is -1.54. The molecule has 148 valence electrons. The minimum Gasteiger partial charge on any atom is -0.353 e. The van der Waals surface area contributed by atoms with Crippen molar-refractivity contribution in [3.8, 4) is 0 Å². The first-order valence-corrected chi connectivity index (χ1v) is 12.0. The maximum Gasteiger partial charge on any atom is 0.234 e. The van der Waals surface area contributed by atoms with E-state index in [1.165, 1.54) is 24.2 Å². The summed E-state index contributed by atoms with van der Waals surface area (Å²) in [6.07, 6.45) is 3.16. The van der Waals surface area contributed by atoms with Gasteiger partial charge in [-0.1, -0.05) is 26.7 Å². The lowest BCUT2D eigenvalue weighted by Crippen LogP contribution is -2.44. The minimum absolute atomic E-state index is 0.0574. The first-order chi connectivity index (χ1) is 12.8. The molecule has 27 heavy (non-hydrogen) atoms. The molecule has 1 fully saturated rings. The molecular formula is C19H26N2O4S2. The molecule has 0 bridgehead atoms. The van der Waals surface area contributed by atoms with Gasteiger partial charge in [-0.05, 0) is 36.5 Å². The van der Waals surface area contributed by atoms with Crippen molar-refractivity contribution in [2.24, 2.45) is 11.8 Å². The fourth-order valence-electron chi connectivity index (χ4n) is 3.67. The summed E-state index contributed by atoms with van der Waals surface area (Å²) >= 11 is 1.38. The fraction of sp³-hybridized carbons (Fsp3) is 0.579. The quantitative estimate of drug-likeness (QED) is 0.779. The number of carbonyl (C=O) groups excluding carboxylic acids is 2. The van der Waals surface area contributed by atoms with Gasteiger partial charge < -0.3 is 10.6 Å². The molecule has 1 aromatic carbocycles. The second-order valence-corrected chi connectivity index (χ2v) is 10.6. The van der Waals surface area contributed by atoms with E-state index in [2.05, 4.69) is 24.5 Å². The van der Waals surface area contributed by atoms with E-state index in [1.807, 2.05) is 0 Å². The first-order valence-electron chi connectivity index (χ1n) is 9.35.